The number of fused-ring (bicyclic) bond motifs is 2. The Kier molecular flexibility index (Phi) is 2.71. The van der Waals surface area contributed by atoms with E-state index in [1.165, 1.54) is 7.11 Å². The Morgan fingerprint density at radius 1 is 1.16 bits per heavy atom. The minimum atomic E-state index is -0.336. The van der Waals surface area contributed by atoms with E-state index in [0.717, 1.165) is 5.39 Å². The minimum absolute atomic E-state index is 0.0228. The third-order valence-electron chi connectivity index (χ3n) is 2.99. The summed E-state index contributed by atoms with van der Waals surface area (Å²) in [5.41, 5.74) is 1.13. The van der Waals surface area contributed by atoms with Crippen LogP contribution in [-0.4, -0.2) is 23.7 Å². The van der Waals surface area contributed by atoms with Gasteiger partial charge in [0.25, 0.3) is 0 Å². The summed E-state index contributed by atoms with van der Waals surface area (Å²) in [6, 6.07) is 9.02. The van der Waals surface area contributed by atoms with Gasteiger partial charge in [-0.3, -0.25) is 9.59 Å². The molecular weight excluding hydrogens is 310 g/mol. The van der Waals surface area contributed by atoms with Gasteiger partial charge in [0.1, 0.15) is 10.2 Å². The Hall–Kier alpha value is -2.01. The Morgan fingerprint density at radius 2 is 1.89 bits per heavy atom. The monoisotopic (exact) mass is 317 g/mol. The van der Waals surface area contributed by atoms with Crippen LogP contribution < -0.4 is 0 Å². The molecule has 0 bridgehead atoms. The van der Waals surface area contributed by atoms with Crippen molar-refractivity contribution >= 4 is 38.4 Å². The highest BCUT2D eigenvalue weighted by Crippen LogP contribution is 2.30. The van der Waals surface area contributed by atoms with Gasteiger partial charge in [0.05, 0.1) is 18.2 Å². The van der Waals surface area contributed by atoms with Gasteiger partial charge in [0.15, 0.2) is 5.76 Å². The molecule has 0 saturated heterocycles. The van der Waals surface area contributed by atoms with E-state index in [-0.39, 0.29) is 33.1 Å². The fourth-order valence-corrected chi connectivity index (χ4v) is 2.60. The van der Waals surface area contributed by atoms with Crippen LogP contribution in [0.5, 0.6) is 0 Å². The van der Waals surface area contributed by atoms with Crippen LogP contribution in [0.3, 0.4) is 0 Å². The van der Waals surface area contributed by atoms with Crippen molar-refractivity contribution in [2.45, 2.75) is 0 Å². The molecule has 1 aromatic carbocycles. The quantitative estimate of drug-likeness (QED) is 0.811. The summed E-state index contributed by atoms with van der Waals surface area (Å²) in [4.78, 5) is 28.7. The molecule has 3 rings (SSSR count). The normalized spacial score (nSPS) is 14.8. The summed E-state index contributed by atoms with van der Waals surface area (Å²) in [6.07, 6.45) is 0. The standard InChI is InChI=1S/C14H8BrNO3/c1-19-14-10(15)13(18)11-8(12(14)17)6-7-4-2-3-5-9(7)16-11/h2-6H,1H3. The van der Waals surface area contributed by atoms with E-state index in [0.29, 0.717) is 5.52 Å². The number of rotatable bonds is 1. The fourth-order valence-electron chi connectivity index (χ4n) is 2.07. The largest absolute Gasteiger partial charge is 0.491 e. The number of hydrogen-bond donors (Lipinski definition) is 0. The van der Waals surface area contributed by atoms with E-state index in [9.17, 15) is 9.59 Å². The van der Waals surface area contributed by atoms with Gasteiger partial charge in [-0.25, -0.2) is 4.98 Å². The molecule has 2 aromatic rings. The molecule has 0 atom stereocenters. The van der Waals surface area contributed by atoms with Crippen molar-refractivity contribution in [1.29, 1.82) is 0 Å². The number of carbonyl (C=O) groups excluding carboxylic acids is 2. The van der Waals surface area contributed by atoms with Crippen LogP contribution in [0.15, 0.2) is 40.6 Å². The second-order valence-corrected chi connectivity index (χ2v) is 4.88. The fraction of sp³-hybridized carbons (Fsp3) is 0.0714. The maximum Gasteiger partial charge on any atom is 0.231 e. The third-order valence-corrected chi connectivity index (χ3v) is 3.71. The lowest BCUT2D eigenvalue weighted by atomic mass is 9.96. The number of nitrogens with zero attached hydrogens (tertiary/aromatic N) is 1. The predicted molar refractivity (Wildman–Crippen MR) is 73.4 cm³/mol. The number of allylic oxidation sites excluding steroid dienone is 2. The van der Waals surface area contributed by atoms with E-state index < -0.39 is 0 Å². The summed E-state index contributed by atoms with van der Waals surface area (Å²) in [5, 5.41) is 0.816. The zero-order chi connectivity index (χ0) is 13.6. The third kappa shape index (κ3) is 1.69. The van der Waals surface area contributed by atoms with Crippen LogP contribution in [-0.2, 0) is 4.74 Å². The first kappa shape index (κ1) is 12.0. The number of carbonyl (C=O) groups is 2. The van der Waals surface area contributed by atoms with Crippen LogP contribution in [0.25, 0.3) is 10.9 Å². The van der Waals surface area contributed by atoms with Gasteiger partial charge < -0.3 is 4.74 Å². The number of halogens is 1. The summed E-state index contributed by atoms with van der Waals surface area (Å²) in [7, 11) is 1.36. The van der Waals surface area contributed by atoms with Crippen LogP contribution in [0.2, 0.25) is 0 Å². The van der Waals surface area contributed by atoms with Crippen molar-refractivity contribution in [1.82, 2.24) is 4.98 Å². The Morgan fingerprint density at radius 3 is 2.63 bits per heavy atom. The van der Waals surface area contributed by atoms with Gasteiger partial charge in [-0.1, -0.05) is 18.2 Å². The Balaban J connectivity index is 2.34. The second-order valence-electron chi connectivity index (χ2n) is 4.08. The van der Waals surface area contributed by atoms with Crippen molar-refractivity contribution in [2.75, 3.05) is 7.11 Å². The minimum Gasteiger partial charge on any atom is -0.491 e. The van der Waals surface area contributed by atoms with Crippen molar-refractivity contribution in [3.8, 4) is 0 Å². The molecule has 1 aliphatic rings. The molecule has 1 aliphatic carbocycles. The lowest BCUT2D eigenvalue weighted by molar-refractivity contribution is 0.0912. The SMILES string of the molecule is COC1=C(Br)C(=O)c2nc3ccccc3cc2C1=O. The number of Topliss-reactive ketones (excluding diaryl/α,β-unsaturated/α-hetero) is 2. The highest BCUT2D eigenvalue weighted by molar-refractivity contribution is 9.12. The second kappa shape index (κ2) is 4.28. The lowest BCUT2D eigenvalue weighted by Gasteiger charge is -2.16. The summed E-state index contributed by atoms with van der Waals surface area (Å²) in [6.45, 7) is 0. The van der Waals surface area contributed by atoms with Crippen LogP contribution in [0, 0.1) is 0 Å². The number of ketones is 2. The van der Waals surface area contributed by atoms with Gasteiger partial charge in [0.2, 0.25) is 11.6 Å². The number of aromatic nitrogens is 1. The molecule has 0 fully saturated rings. The average molecular weight is 318 g/mol. The predicted octanol–water partition coefficient (Wildman–Crippen LogP) is 2.87. The maximum atomic E-state index is 12.2. The first-order valence-corrected chi connectivity index (χ1v) is 6.35. The molecule has 94 valence electrons. The van der Waals surface area contributed by atoms with Crippen LogP contribution >= 0.6 is 15.9 Å². The van der Waals surface area contributed by atoms with Gasteiger partial charge in [-0.15, -0.1) is 0 Å². The number of ether oxygens (including phenoxy) is 1. The molecule has 1 heterocycles. The van der Waals surface area contributed by atoms with E-state index in [1.807, 2.05) is 18.2 Å². The van der Waals surface area contributed by atoms with Gasteiger partial charge in [-0.2, -0.15) is 0 Å². The van der Waals surface area contributed by atoms with Gasteiger partial charge >= 0.3 is 0 Å². The molecule has 4 nitrogen and oxygen atoms in total. The van der Waals surface area contributed by atoms with E-state index >= 15 is 0 Å². The molecule has 0 spiro atoms. The van der Waals surface area contributed by atoms with Crippen LogP contribution in [0.4, 0.5) is 0 Å². The molecule has 19 heavy (non-hydrogen) atoms. The number of methoxy groups -OCH3 is 1. The smallest absolute Gasteiger partial charge is 0.231 e. The highest BCUT2D eigenvalue weighted by Gasteiger charge is 2.33. The number of hydrogen-bond acceptors (Lipinski definition) is 4. The first-order valence-electron chi connectivity index (χ1n) is 5.56. The van der Waals surface area contributed by atoms with E-state index in [2.05, 4.69) is 20.9 Å². The Bertz CT molecular complexity index is 764. The molecule has 0 saturated carbocycles. The van der Waals surface area contributed by atoms with Gasteiger partial charge in [0, 0.05) is 5.39 Å². The van der Waals surface area contributed by atoms with E-state index in [4.69, 9.17) is 4.74 Å². The zero-order valence-electron chi connectivity index (χ0n) is 9.94. The van der Waals surface area contributed by atoms with Crippen molar-refractivity contribution < 1.29 is 14.3 Å². The van der Waals surface area contributed by atoms with Crippen molar-refractivity contribution in [3.63, 3.8) is 0 Å². The molecule has 0 radical (unpaired) electrons. The molecule has 0 aliphatic heterocycles. The van der Waals surface area contributed by atoms with Gasteiger partial charge in [-0.05, 0) is 28.1 Å². The summed E-state index contributed by atoms with van der Waals surface area (Å²) >= 11 is 3.10. The molecule has 0 unspecified atom stereocenters. The number of para-hydroxylation sites is 1. The van der Waals surface area contributed by atoms with Crippen molar-refractivity contribution in [2.24, 2.45) is 0 Å². The molecular formula is C14H8BrNO3. The molecule has 1 aromatic heterocycles. The maximum absolute atomic E-state index is 12.2. The lowest BCUT2D eigenvalue weighted by Crippen LogP contribution is -2.22. The molecule has 5 heteroatoms. The van der Waals surface area contributed by atoms with Crippen LogP contribution in [0.1, 0.15) is 20.8 Å². The highest BCUT2D eigenvalue weighted by atomic mass is 79.9. The van der Waals surface area contributed by atoms with E-state index in [1.54, 1.807) is 12.1 Å². The molecule has 0 amide bonds. The van der Waals surface area contributed by atoms with Crippen molar-refractivity contribution in [3.05, 3.63) is 51.8 Å². The number of benzene rings is 1. The average Bonchev–Trinajstić information content (AvgIpc) is 2.44. The number of pyridine rings is 1. The summed E-state index contributed by atoms with van der Waals surface area (Å²) in [5.74, 6) is -0.644. The Labute approximate surface area is 117 Å². The molecule has 0 N–H and O–H groups in total. The zero-order valence-corrected chi connectivity index (χ0v) is 11.5. The topological polar surface area (TPSA) is 56.3 Å². The first-order chi connectivity index (χ1) is 9.13. The summed E-state index contributed by atoms with van der Waals surface area (Å²) < 4.78 is 5.11.